The zero-order valence-corrected chi connectivity index (χ0v) is 13.3. The molecule has 0 bridgehead atoms. The van der Waals surface area contributed by atoms with Gasteiger partial charge in [0.05, 0.1) is 6.26 Å². The molecule has 4 aromatic heterocycles. The van der Waals surface area contributed by atoms with Crippen molar-refractivity contribution in [1.29, 1.82) is 0 Å². The van der Waals surface area contributed by atoms with E-state index < -0.39 is 0 Å². The van der Waals surface area contributed by atoms with Gasteiger partial charge < -0.3 is 10.2 Å². The quantitative estimate of drug-likeness (QED) is 0.621. The van der Waals surface area contributed by atoms with E-state index in [9.17, 15) is 0 Å². The summed E-state index contributed by atoms with van der Waals surface area (Å²) in [6, 6.07) is 11.6. The first-order valence-corrected chi connectivity index (χ1v) is 7.90. The van der Waals surface area contributed by atoms with Crippen molar-refractivity contribution < 1.29 is 4.42 Å². The van der Waals surface area contributed by atoms with Crippen molar-refractivity contribution in [2.75, 3.05) is 5.73 Å². The minimum Gasteiger partial charge on any atom is -0.461 e. The number of furan rings is 1. The number of fused-ring (bicyclic) bond motifs is 1. The highest BCUT2D eigenvalue weighted by molar-refractivity contribution is 5.71. The highest BCUT2D eigenvalue weighted by atomic mass is 16.3. The fourth-order valence-electron chi connectivity index (χ4n) is 2.74. The average Bonchev–Trinajstić information content (AvgIpc) is 3.24. The van der Waals surface area contributed by atoms with Crippen LogP contribution < -0.4 is 5.73 Å². The molecule has 24 heavy (non-hydrogen) atoms. The molecule has 4 heterocycles. The van der Waals surface area contributed by atoms with E-state index >= 15 is 0 Å². The molecule has 0 spiro atoms. The molecule has 0 aliphatic carbocycles. The van der Waals surface area contributed by atoms with Crippen LogP contribution >= 0.6 is 0 Å². The van der Waals surface area contributed by atoms with E-state index in [0.717, 1.165) is 29.7 Å². The Balaban J connectivity index is 1.81. The Morgan fingerprint density at radius 2 is 2.08 bits per heavy atom. The molecule has 0 atom stereocenters. The predicted octanol–water partition coefficient (Wildman–Crippen LogP) is 3.59. The zero-order valence-electron chi connectivity index (χ0n) is 13.3. The SMILES string of the molecule is CCCc1cc(-c2cc(N)n3nc(-c4ccco4)nc3c2)ccn1. The molecule has 2 N–H and O–H groups in total. The summed E-state index contributed by atoms with van der Waals surface area (Å²) in [5.41, 5.74) is 10.0. The van der Waals surface area contributed by atoms with Crippen molar-refractivity contribution in [1.82, 2.24) is 19.6 Å². The molecule has 0 unspecified atom stereocenters. The summed E-state index contributed by atoms with van der Waals surface area (Å²) in [6.07, 6.45) is 5.45. The van der Waals surface area contributed by atoms with Crippen LogP contribution in [0.5, 0.6) is 0 Å². The summed E-state index contributed by atoms with van der Waals surface area (Å²) < 4.78 is 6.98. The Hall–Kier alpha value is -3.15. The van der Waals surface area contributed by atoms with Gasteiger partial charge in [0, 0.05) is 11.9 Å². The number of rotatable bonds is 4. The van der Waals surface area contributed by atoms with E-state index in [1.165, 1.54) is 0 Å². The van der Waals surface area contributed by atoms with Gasteiger partial charge in [0.15, 0.2) is 11.4 Å². The largest absolute Gasteiger partial charge is 0.461 e. The van der Waals surface area contributed by atoms with Gasteiger partial charge in [-0.15, -0.1) is 5.10 Å². The second kappa shape index (κ2) is 5.81. The first-order valence-electron chi connectivity index (χ1n) is 7.90. The van der Waals surface area contributed by atoms with Gasteiger partial charge in [0.25, 0.3) is 0 Å². The van der Waals surface area contributed by atoms with Crippen molar-refractivity contribution in [3.8, 4) is 22.7 Å². The summed E-state index contributed by atoms with van der Waals surface area (Å²) in [6.45, 7) is 2.14. The van der Waals surface area contributed by atoms with E-state index in [0.29, 0.717) is 23.0 Å². The third-order valence-electron chi connectivity index (χ3n) is 3.86. The molecule has 0 aromatic carbocycles. The van der Waals surface area contributed by atoms with Crippen LogP contribution in [-0.4, -0.2) is 19.6 Å². The first kappa shape index (κ1) is 14.4. The monoisotopic (exact) mass is 319 g/mol. The van der Waals surface area contributed by atoms with E-state index in [2.05, 4.69) is 28.1 Å². The molecule has 0 saturated carbocycles. The molecule has 6 heteroatoms. The lowest BCUT2D eigenvalue weighted by Gasteiger charge is -2.06. The van der Waals surface area contributed by atoms with Gasteiger partial charge in [-0.25, -0.2) is 4.98 Å². The molecule has 0 saturated heterocycles. The Labute approximate surface area is 139 Å². The molecule has 6 nitrogen and oxygen atoms in total. The zero-order chi connectivity index (χ0) is 16.5. The lowest BCUT2D eigenvalue weighted by Crippen LogP contribution is -1.99. The highest BCUT2D eigenvalue weighted by Crippen LogP contribution is 2.26. The van der Waals surface area contributed by atoms with Crippen LogP contribution in [0.25, 0.3) is 28.4 Å². The summed E-state index contributed by atoms with van der Waals surface area (Å²) in [5, 5.41) is 4.41. The van der Waals surface area contributed by atoms with E-state index in [1.807, 2.05) is 36.5 Å². The summed E-state index contributed by atoms with van der Waals surface area (Å²) in [4.78, 5) is 8.92. The Morgan fingerprint density at radius 3 is 2.88 bits per heavy atom. The number of aryl methyl sites for hydroxylation is 1. The van der Waals surface area contributed by atoms with Crippen molar-refractivity contribution in [3.63, 3.8) is 0 Å². The van der Waals surface area contributed by atoms with E-state index in [4.69, 9.17) is 10.2 Å². The normalized spacial score (nSPS) is 11.2. The van der Waals surface area contributed by atoms with Gasteiger partial charge in [0.2, 0.25) is 5.82 Å². The molecule has 0 radical (unpaired) electrons. The molecule has 4 aromatic rings. The molecule has 0 fully saturated rings. The number of nitrogen functional groups attached to an aromatic ring is 1. The molecule has 4 rings (SSSR count). The number of aromatic nitrogens is 4. The van der Waals surface area contributed by atoms with Crippen LogP contribution in [0.2, 0.25) is 0 Å². The summed E-state index contributed by atoms with van der Waals surface area (Å²) in [7, 11) is 0. The number of hydrogen-bond donors (Lipinski definition) is 1. The maximum Gasteiger partial charge on any atom is 0.217 e. The Morgan fingerprint density at radius 1 is 1.17 bits per heavy atom. The summed E-state index contributed by atoms with van der Waals surface area (Å²) >= 11 is 0. The average molecular weight is 319 g/mol. The molecular formula is C18H17N5O. The van der Waals surface area contributed by atoms with Gasteiger partial charge in [0.1, 0.15) is 5.82 Å². The maximum atomic E-state index is 6.17. The molecule has 0 amide bonds. The summed E-state index contributed by atoms with van der Waals surface area (Å²) in [5.74, 6) is 1.67. The van der Waals surface area contributed by atoms with Crippen LogP contribution in [-0.2, 0) is 6.42 Å². The third kappa shape index (κ3) is 2.52. The van der Waals surface area contributed by atoms with E-state index in [1.54, 1.807) is 10.8 Å². The fraction of sp³-hybridized carbons (Fsp3) is 0.167. The smallest absolute Gasteiger partial charge is 0.217 e. The van der Waals surface area contributed by atoms with Crippen LogP contribution in [0.3, 0.4) is 0 Å². The Kier molecular flexibility index (Phi) is 3.49. The van der Waals surface area contributed by atoms with Gasteiger partial charge in [-0.3, -0.25) is 4.98 Å². The van der Waals surface area contributed by atoms with Gasteiger partial charge in [-0.1, -0.05) is 13.3 Å². The first-order chi connectivity index (χ1) is 11.7. The van der Waals surface area contributed by atoms with Gasteiger partial charge >= 0.3 is 0 Å². The molecule has 0 aliphatic rings. The number of nitrogens with two attached hydrogens (primary N) is 1. The van der Waals surface area contributed by atoms with Gasteiger partial charge in [-0.2, -0.15) is 4.52 Å². The van der Waals surface area contributed by atoms with Gasteiger partial charge in [-0.05, 0) is 53.9 Å². The second-order valence-corrected chi connectivity index (χ2v) is 5.64. The van der Waals surface area contributed by atoms with Crippen molar-refractivity contribution in [2.45, 2.75) is 19.8 Å². The van der Waals surface area contributed by atoms with Crippen LogP contribution in [0.1, 0.15) is 19.0 Å². The Bertz CT molecular complexity index is 988. The molecule has 0 aliphatic heterocycles. The van der Waals surface area contributed by atoms with Crippen molar-refractivity contribution in [2.24, 2.45) is 0 Å². The molecule has 120 valence electrons. The van der Waals surface area contributed by atoms with Crippen molar-refractivity contribution in [3.05, 3.63) is 54.6 Å². The number of hydrogen-bond acceptors (Lipinski definition) is 5. The minimum absolute atomic E-state index is 0.519. The van der Waals surface area contributed by atoms with Crippen LogP contribution in [0, 0.1) is 0 Å². The van der Waals surface area contributed by atoms with Crippen molar-refractivity contribution >= 4 is 11.5 Å². The third-order valence-corrected chi connectivity index (χ3v) is 3.86. The predicted molar refractivity (Wildman–Crippen MR) is 92.3 cm³/mol. The van der Waals surface area contributed by atoms with Crippen LogP contribution in [0.15, 0.2) is 53.3 Å². The number of nitrogens with zero attached hydrogens (tertiary/aromatic N) is 4. The topological polar surface area (TPSA) is 82.2 Å². The maximum absolute atomic E-state index is 6.17. The minimum atomic E-state index is 0.519. The highest BCUT2D eigenvalue weighted by Gasteiger charge is 2.12. The standard InChI is InChI=1S/C18H17N5O/c1-2-4-14-9-12(6-7-20-14)13-10-16(19)23-17(11-13)21-18(22-23)15-5-3-8-24-15/h3,5-11H,2,4,19H2,1H3. The lowest BCUT2D eigenvalue weighted by molar-refractivity contribution is 0.577. The second-order valence-electron chi connectivity index (χ2n) is 5.64. The number of pyridine rings is 2. The number of anilines is 1. The lowest BCUT2D eigenvalue weighted by atomic mass is 10.1. The van der Waals surface area contributed by atoms with Crippen LogP contribution in [0.4, 0.5) is 5.82 Å². The van der Waals surface area contributed by atoms with E-state index in [-0.39, 0.29) is 0 Å². The fourth-order valence-corrected chi connectivity index (χ4v) is 2.74. The molecular weight excluding hydrogens is 302 g/mol.